The van der Waals surface area contributed by atoms with Gasteiger partial charge in [0.2, 0.25) is 5.91 Å². The van der Waals surface area contributed by atoms with Gasteiger partial charge in [0, 0.05) is 19.1 Å². The summed E-state index contributed by atoms with van der Waals surface area (Å²) in [7, 11) is 0. The lowest BCUT2D eigenvalue weighted by Crippen LogP contribution is -2.60. The predicted molar refractivity (Wildman–Crippen MR) is 164 cm³/mol. The Bertz CT molecular complexity index is 1170. The van der Waals surface area contributed by atoms with E-state index in [1.54, 1.807) is 4.90 Å². The minimum absolute atomic E-state index is 0.00651. The molecule has 0 bridgehead atoms. The number of amides is 4. The fourth-order valence-corrected chi connectivity index (χ4v) is 5.47. The quantitative estimate of drug-likeness (QED) is 0.271. The van der Waals surface area contributed by atoms with Crippen LogP contribution in [0.3, 0.4) is 0 Å². The number of aryl methyl sites for hydroxylation is 2. The summed E-state index contributed by atoms with van der Waals surface area (Å²) in [5.74, 6) is 0.0236. The van der Waals surface area contributed by atoms with Gasteiger partial charge >= 0.3 is 6.03 Å². The first-order valence-corrected chi connectivity index (χ1v) is 15.0. The van der Waals surface area contributed by atoms with E-state index in [1.807, 2.05) is 90.1 Å². The predicted octanol–water partition coefficient (Wildman–Crippen LogP) is 3.74. The maximum Gasteiger partial charge on any atom is 0.318 e. The molecule has 3 rings (SSSR count). The second kappa shape index (κ2) is 15.6. The average Bonchev–Trinajstić information content (AvgIpc) is 2.93. The molecule has 1 saturated heterocycles. The lowest BCUT2D eigenvalue weighted by atomic mass is 9.91. The van der Waals surface area contributed by atoms with Crippen LogP contribution < -0.4 is 20.7 Å². The number of hydrogen-bond acceptors (Lipinski definition) is 5. The number of nitrogens with zero attached hydrogens (tertiary/aromatic N) is 1. The van der Waals surface area contributed by atoms with Crippen LogP contribution in [0.25, 0.3) is 0 Å². The number of urea groups is 1. The third kappa shape index (κ3) is 9.21. The van der Waals surface area contributed by atoms with Gasteiger partial charge < -0.3 is 30.7 Å². The van der Waals surface area contributed by atoms with Gasteiger partial charge in [0.1, 0.15) is 11.8 Å². The van der Waals surface area contributed by atoms with Crippen molar-refractivity contribution >= 4 is 17.8 Å². The van der Waals surface area contributed by atoms with E-state index in [2.05, 4.69) is 16.0 Å². The van der Waals surface area contributed by atoms with Gasteiger partial charge in [0.05, 0.1) is 12.1 Å². The number of hydrogen-bond donors (Lipinski definition) is 4. The Morgan fingerprint density at radius 2 is 1.62 bits per heavy atom. The summed E-state index contributed by atoms with van der Waals surface area (Å²) in [6.07, 6.45) is 0.481. The second-order valence-electron chi connectivity index (χ2n) is 12.0. The number of para-hydroxylation sites is 1. The number of aliphatic hydroxyl groups excluding tert-OH is 1. The normalized spacial score (nSPS) is 16.4. The summed E-state index contributed by atoms with van der Waals surface area (Å²) in [6, 6.07) is 13.7. The first-order chi connectivity index (χ1) is 20.0. The lowest BCUT2D eigenvalue weighted by molar-refractivity contribution is -0.129. The van der Waals surface area contributed by atoms with Crippen molar-refractivity contribution in [1.82, 2.24) is 20.9 Å². The first-order valence-electron chi connectivity index (χ1n) is 15.0. The smallest absolute Gasteiger partial charge is 0.318 e. The van der Waals surface area contributed by atoms with E-state index in [0.717, 1.165) is 23.1 Å². The number of nitrogens with one attached hydrogen (secondary N) is 3. The van der Waals surface area contributed by atoms with Gasteiger partial charge in [0.25, 0.3) is 5.91 Å². The molecular weight excluding hydrogens is 532 g/mol. The van der Waals surface area contributed by atoms with Crippen molar-refractivity contribution in [1.29, 1.82) is 0 Å². The number of ether oxygens (including phenoxy) is 1. The van der Waals surface area contributed by atoms with Crippen molar-refractivity contribution in [2.24, 2.45) is 11.8 Å². The highest BCUT2D eigenvalue weighted by molar-refractivity contribution is 5.87. The number of carbonyl (C=O) groups is 3. The van der Waals surface area contributed by atoms with Gasteiger partial charge in [0.15, 0.2) is 6.61 Å². The Labute approximate surface area is 250 Å². The van der Waals surface area contributed by atoms with Crippen LogP contribution >= 0.6 is 0 Å². The van der Waals surface area contributed by atoms with Crippen LogP contribution in [0.15, 0.2) is 48.5 Å². The summed E-state index contributed by atoms with van der Waals surface area (Å²) in [5.41, 5.74) is 2.86. The van der Waals surface area contributed by atoms with E-state index in [4.69, 9.17) is 4.74 Å². The van der Waals surface area contributed by atoms with Gasteiger partial charge in [-0.2, -0.15) is 0 Å². The van der Waals surface area contributed by atoms with E-state index in [9.17, 15) is 19.5 Å². The van der Waals surface area contributed by atoms with Crippen LogP contribution in [0.1, 0.15) is 57.2 Å². The van der Waals surface area contributed by atoms with Crippen molar-refractivity contribution in [3.05, 3.63) is 65.2 Å². The summed E-state index contributed by atoms with van der Waals surface area (Å²) in [5, 5.41) is 20.4. The SMILES string of the molecule is Cc1cccc(C)c1OCC(=O)N[C@@H](Cc1ccccc1)[C@@H](O)C[C@@H](NC(=O)C(C(C)C)N1CCCNC1=O)C(C)C. The standard InChI is InChI=1S/C33H48N4O5/c1-21(2)26(36-32(40)30(22(3)4)37-17-11-16-34-33(37)41)19-28(38)27(18-25-14-8-7-9-15-25)35-29(39)20-42-31-23(5)12-10-13-24(31)6/h7-10,12-15,21-22,26-28,30,38H,11,16-20H2,1-6H3,(H,34,41)(H,35,39)(H,36,40)/t26-,27+,28+,30?/m1/s1. The summed E-state index contributed by atoms with van der Waals surface area (Å²) < 4.78 is 5.86. The third-order valence-electron chi connectivity index (χ3n) is 7.84. The molecule has 0 aliphatic carbocycles. The first kappa shape index (κ1) is 32.9. The second-order valence-corrected chi connectivity index (χ2v) is 12.0. The molecule has 0 spiro atoms. The minimum Gasteiger partial charge on any atom is -0.483 e. The number of aliphatic hydroxyl groups is 1. The molecule has 1 heterocycles. The lowest BCUT2D eigenvalue weighted by Gasteiger charge is -2.38. The Morgan fingerprint density at radius 1 is 0.952 bits per heavy atom. The number of carbonyl (C=O) groups excluding carboxylic acids is 3. The van der Waals surface area contributed by atoms with E-state index in [-0.39, 0.29) is 48.8 Å². The van der Waals surface area contributed by atoms with Crippen molar-refractivity contribution in [2.45, 2.75) is 85.0 Å². The highest BCUT2D eigenvalue weighted by Crippen LogP contribution is 2.22. The van der Waals surface area contributed by atoms with Crippen LogP contribution in [0.2, 0.25) is 0 Å². The molecule has 0 saturated carbocycles. The van der Waals surface area contributed by atoms with Crippen molar-refractivity contribution < 1.29 is 24.2 Å². The van der Waals surface area contributed by atoms with Crippen LogP contribution in [0, 0.1) is 25.7 Å². The molecule has 1 aliphatic rings. The molecule has 9 heteroatoms. The molecule has 2 aromatic rings. The van der Waals surface area contributed by atoms with Crippen molar-refractivity contribution in [2.75, 3.05) is 19.7 Å². The largest absolute Gasteiger partial charge is 0.483 e. The van der Waals surface area contributed by atoms with Crippen LogP contribution in [0.4, 0.5) is 4.79 Å². The highest BCUT2D eigenvalue weighted by Gasteiger charge is 2.36. The van der Waals surface area contributed by atoms with E-state index >= 15 is 0 Å². The van der Waals surface area contributed by atoms with Gasteiger partial charge in [-0.3, -0.25) is 9.59 Å². The molecule has 2 aromatic carbocycles. The zero-order valence-electron chi connectivity index (χ0n) is 25.9. The van der Waals surface area contributed by atoms with Crippen molar-refractivity contribution in [3.63, 3.8) is 0 Å². The monoisotopic (exact) mass is 580 g/mol. The van der Waals surface area contributed by atoms with Crippen molar-refractivity contribution in [3.8, 4) is 5.75 Å². The molecule has 1 unspecified atom stereocenters. The van der Waals surface area contributed by atoms with E-state index in [1.165, 1.54) is 0 Å². The van der Waals surface area contributed by atoms with Gasteiger partial charge in [-0.05, 0) is 61.6 Å². The molecule has 1 aliphatic heterocycles. The maximum absolute atomic E-state index is 13.5. The Balaban J connectivity index is 1.72. The summed E-state index contributed by atoms with van der Waals surface area (Å²) in [4.78, 5) is 40.7. The molecule has 42 heavy (non-hydrogen) atoms. The minimum atomic E-state index is -0.946. The van der Waals surface area contributed by atoms with E-state index in [0.29, 0.717) is 25.3 Å². The fourth-order valence-electron chi connectivity index (χ4n) is 5.47. The molecule has 4 amide bonds. The molecule has 4 N–H and O–H groups in total. The Morgan fingerprint density at radius 3 is 2.21 bits per heavy atom. The highest BCUT2D eigenvalue weighted by atomic mass is 16.5. The summed E-state index contributed by atoms with van der Waals surface area (Å²) >= 11 is 0. The fraction of sp³-hybridized carbons (Fsp3) is 0.545. The molecule has 230 valence electrons. The summed E-state index contributed by atoms with van der Waals surface area (Å²) in [6.45, 7) is 12.6. The average molecular weight is 581 g/mol. The topological polar surface area (TPSA) is 120 Å². The molecular formula is C33H48N4O5. The van der Waals surface area contributed by atoms with E-state index < -0.39 is 18.2 Å². The number of rotatable bonds is 14. The van der Waals surface area contributed by atoms with Gasteiger partial charge in [-0.25, -0.2) is 4.79 Å². The maximum atomic E-state index is 13.5. The Hall–Kier alpha value is -3.59. The zero-order chi connectivity index (χ0) is 30.8. The molecule has 0 aromatic heterocycles. The zero-order valence-corrected chi connectivity index (χ0v) is 25.9. The van der Waals surface area contributed by atoms with Gasteiger partial charge in [-0.1, -0.05) is 76.2 Å². The number of benzene rings is 2. The third-order valence-corrected chi connectivity index (χ3v) is 7.84. The molecule has 0 radical (unpaired) electrons. The molecule has 4 atom stereocenters. The Kier molecular flexibility index (Phi) is 12.2. The van der Waals surface area contributed by atoms with Gasteiger partial charge in [-0.15, -0.1) is 0 Å². The molecule has 9 nitrogen and oxygen atoms in total. The van der Waals surface area contributed by atoms with Crippen LogP contribution in [-0.4, -0.2) is 71.8 Å². The van der Waals surface area contributed by atoms with Crippen LogP contribution in [0.5, 0.6) is 5.75 Å². The van der Waals surface area contributed by atoms with Crippen LogP contribution in [-0.2, 0) is 16.0 Å². The molecule has 1 fully saturated rings.